The van der Waals surface area contributed by atoms with Gasteiger partial charge in [-0.15, -0.1) is 0 Å². The zero-order chi connectivity index (χ0) is 46.0. The van der Waals surface area contributed by atoms with Crippen LogP contribution >= 0.6 is 0 Å². The van der Waals surface area contributed by atoms with Gasteiger partial charge in [-0.05, 0) is 44.9 Å². The van der Waals surface area contributed by atoms with E-state index in [0.29, 0.717) is 12.8 Å². The summed E-state index contributed by atoms with van der Waals surface area (Å²) in [6.45, 7) is 3.83. The van der Waals surface area contributed by atoms with Crippen LogP contribution in [0.1, 0.15) is 239 Å². The van der Waals surface area contributed by atoms with Crippen LogP contribution in [0, 0.1) is 0 Å². The van der Waals surface area contributed by atoms with Crippen molar-refractivity contribution in [1.82, 2.24) is 0 Å². The minimum atomic E-state index is -1.86. The predicted octanol–water partition coefficient (Wildman–Crippen LogP) is 12.2. The molecule has 0 bridgehead atoms. The van der Waals surface area contributed by atoms with Crippen LogP contribution < -0.4 is 0 Å². The fraction of sp³-hybridized carbons (Fsp3) is 0.865. The van der Waals surface area contributed by atoms with Gasteiger partial charge >= 0.3 is 17.9 Å². The molecule has 1 aliphatic rings. The number of hydrogen-bond donors (Lipinski definition) is 4. The summed E-state index contributed by atoms with van der Waals surface area (Å²) >= 11 is 0. The lowest BCUT2D eigenvalue weighted by molar-refractivity contribution is -0.298. The van der Waals surface area contributed by atoms with Gasteiger partial charge in [0.1, 0.15) is 24.9 Å². The summed E-state index contributed by atoms with van der Waals surface area (Å²) in [6.07, 6.45) is 39.4. The molecule has 63 heavy (non-hydrogen) atoms. The summed E-state index contributed by atoms with van der Waals surface area (Å²) in [4.78, 5) is 37.0. The van der Waals surface area contributed by atoms with Crippen LogP contribution in [0.2, 0.25) is 0 Å². The molecule has 1 saturated heterocycles. The fourth-order valence-electron chi connectivity index (χ4n) is 7.97. The molecule has 1 aliphatic heterocycles. The first-order chi connectivity index (χ1) is 30.7. The number of carbonyl (C=O) groups excluding carboxylic acids is 2. The van der Waals surface area contributed by atoms with Crippen molar-refractivity contribution in [2.75, 3.05) is 13.2 Å². The molecular weight excluding hydrogens is 801 g/mol. The lowest BCUT2D eigenvalue weighted by Gasteiger charge is -2.38. The van der Waals surface area contributed by atoms with Gasteiger partial charge in [0.2, 0.25) is 0 Å². The Balaban J connectivity index is 2.30. The highest BCUT2D eigenvalue weighted by Crippen LogP contribution is 2.23. The number of carbonyl (C=O) groups is 3. The van der Waals surface area contributed by atoms with Crippen LogP contribution in [0.4, 0.5) is 0 Å². The number of hydrogen-bond acceptors (Lipinski definition) is 10. The Morgan fingerprint density at radius 2 is 0.889 bits per heavy atom. The Morgan fingerprint density at radius 1 is 0.492 bits per heavy atom. The van der Waals surface area contributed by atoms with Crippen LogP contribution in [0.25, 0.3) is 0 Å². The van der Waals surface area contributed by atoms with Gasteiger partial charge in [0.25, 0.3) is 0 Å². The summed E-state index contributed by atoms with van der Waals surface area (Å²) in [6, 6.07) is 0. The Kier molecular flexibility index (Phi) is 39.4. The van der Waals surface area contributed by atoms with Crippen LogP contribution in [0.15, 0.2) is 24.3 Å². The molecule has 0 radical (unpaired) electrons. The van der Waals surface area contributed by atoms with E-state index in [1.807, 2.05) is 0 Å². The molecule has 0 aliphatic carbocycles. The van der Waals surface area contributed by atoms with E-state index in [1.165, 1.54) is 148 Å². The topological polar surface area (TPSA) is 169 Å². The average Bonchev–Trinajstić information content (AvgIpc) is 3.27. The van der Waals surface area contributed by atoms with E-state index >= 15 is 0 Å². The standard InChI is InChI=1S/C52H94O11/c1-3-5-7-9-11-13-15-17-19-21-23-25-27-29-31-33-35-37-39-41-46(54)62-44(43-61-52-49(57)47(55)48(56)50(63-52)51(58)59)42-60-45(53)40-38-36-34-32-30-28-26-24-22-20-18-16-14-12-10-8-6-4-2/h14,16,20,22,44,47-50,52,55-57H,3-13,15,17-19,21,23-43H2,1-2H3,(H,58,59)/b16-14-,22-20-. The van der Waals surface area contributed by atoms with Gasteiger partial charge in [-0.25, -0.2) is 4.79 Å². The van der Waals surface area contributed by atoms with Gasteiger partial charge in [0.15, 0.2) is 18.5 Å². The minimum Gasteiger partial charge on any atom is -0.479 e. The van der Waals surface area contributed by atoms with Crippen molar-refractivity contribution >= 4 is 17.9 Å². The molecule has 0 amide bonds. The van der Waals surface area contributed by atoms with Crippen molar-refractivity contribution in [1.29, 1.82) is 0 Å². The maximum Gasteiger partial charge on any atom is 0.335 e. The number of rotatable bonds is 44. The SMILES string of the molecule is CCCCCC/C=C\C/C=C\CCCCCCCCCC(=O)OCC(COC1OC(C(=O)O)C(O)C(O)C1O)OC(=O)CCCCCCCCCCCCCCCCCCCCC. The first-order valence-corrected chi connectivity index (χ1v) is 25.9. The molecule has 4 N–H and O–H groups in total. The number of aliphatic hydroxyl groups is 3. The lowest BCUT2D eigenvalue weighted by atomic mass is 9.99. The van der Waals surface area contributed by atoms with E-state index in [9.17, 15) is 34.8 Å². The van der Waals surface area contributed by atoms with Gasteiger partial charge in [0, 0.05) is 12.8 Å². The van der Waals surface area contributed by atoms with Gasteiger partial charge < -0.3 is 39.4 Å². The zero-order valence-electron chi connectivity index (χ0n) is 40.1. The number of aliphatic hydroxyl groups excluding tert-OH is 3. The van der Waals surface area contributed by atoms with Crippen LogP contribution in [0.3, 0.4) is 0 Å². The molecule has 1 heterocycles. The fourth-order valence-corrected chi connectivity index (χ4v) is 7.97. The van der Waals surface area contributed by atoms with Crippen molar-refractivity contribution in [2.45, 2.75) is 275 Å². The Hall–Kier alpha value is -2.31. The monoisotopic (exact) mass is 895 g/mol. The zero-order valence-corrected chi connectivity index (χ0v) is 40.1. The molecule has 368 valence electrons. The second kappa shape index (κ2) is 42.3. The first-order valence-electron chi connectivity index (χ1n) is 25.9. The molecule has 1 rings (SSSR count). The highest BCUT2D eigenvalue weighted by molar-refractivity contribution is 5.73. The summed E-state index contributed by atoms with van der Waals surface area (Å²) < 4.78 is 21.8. The van der Waals surface area contributed by atoms with E-state index in [-0.39, 0.29) is 26.1 Å². The molecule has 11 nitrogen and oxygen atoms in total. The van der Waals surface area contributed by atoms with Gasteiger partial charge in [0.05, 0.1) is 6.61 Å². The Bertz CT molecular complexity index is 1140. The molecule has 6 atom stereocenters. The number of unbranched alkanes of at least 4 members (excludes halogenated alkanes) is 29. The number of allylic oxidation sites excluding steroid dienone is 4. The van der Waals surface area contributed by atoms with Crippen molar-refractivity contribution in [3.63, 3.8) is 0 Å². The maximum absolute atomic E-state index is 12.8. The van der Waals surface area contributed by atoms with Crippen molar-refractivity contribution in [2.24, 2.45) is 0 Å². The molecule has 0 saturated carbocycles. The third kappa shape index (κ3) is 33.8. The van der Waals surface area contributed by atoms with Gasteiger partial charge in [-0.2, -0.15) is 0 Å². The molecule has 1 fully saturated rings. The van der Waals surface area contributed by atoms with Crippen LogP contribution in [-0.2, 0) is 33.3 Å². The third-order valence-electron chi connectivity index (χ3n) is 12.1. The number of carboxylic acid groups (broad SMARTS) is 1. The highest BCUT2D eigenvalue weighted by atomic mass is 16.7. The normalized spacial score (nSPS) is 19.5. The van der Waals surface area contributed by atoms with Gasteiger partial charge in [-0.3, -0.25) is 9.59 Å². The summed E-state index contributed by atoms with van der Waals surface area (Å²) in [5.41, 5.74) is 0. The quantitative estimate of drug-likeness (QED) is 0.0261. The van der Waals surface area contributed by atoms with Crippen molar-refractivity contribution < 1.29 is 53.8 Å². The van der Waals surface area contributed by atoms with E-state index in [1.54, 1.807) is 0 Å². The smallest absolute Gasteiger partial charge is 0.335 e. The Morgan fingerprint density at radius 3 is 1.33 bits per heavy atom. The van der Waals surface area contributed by atoms with Crippen molar-refractivity contribution in [3.05, 3.63) is 24.3 Å². The molecule has 0 aromatic heterocycles. The maximum atomic E-state index is 12.8. The second-order valence-electron chi connectivity index (χ2n) is 18.0. The van der Waals surface area contributed by atoms with E-state index in [0.717, 1.165) is 51.4 Å². The summed E-state index contributed by atoms with van der Waals surface area (Å²) in [5, 5.41) is 39.9. The van der Waals surface area contributed by atoms with Crippen LogP contribution in [0.5, 0.6) is 0 Å². The highest BCUT2D eigenvalue weighted by Gasteiger charge is 2.47. The average molecular weight is 895 g/mol. The minimum absolute atomic E-state index is 0.186. The van der Waals surface area contributed by atoms with E-state index < -0.39 is 54.7 Å². The number of ether oxygens (including phenoxy) is 4. The second-order valence-corrected chi connectivity index (χ2v) is 18.0. The summed E-state index contributed by atoms with van der Waals surface area (Å²) in [7, 11) is 0. The van der Waals surface area contributed by atoms with Crippen LogP contribution in [-0.4, -0.2) is 88.4 Å². The molecule has 0 aromatic carbocycles. The molecule has 11 heteroatoms. The number of carboxylic acids is 1. The number of aliphatic carboxylic acids is 1. The number of esters is 2. The van der Waals surface area contributed by atoms with Crippen molar-refractivity contribution in [3.8, 4) is 0 Å². The largest absolute Gasteiger partial charge is 0.479 e. The van der Waals surface area contributed by atoms with E-state index in [2.05, 4.69) is 38.2 Å². The summed E-state index contributed by atoms with van der Waals surface area (Å²) in [5.74, 6) is -2.44. The molecular formula is C52H94O11. The lowest BCUT2D eigenvalue weighted by Crippen LogP contribution is -2.60. The van der Waals surface area contributed by atoms with Gasteiger partial charge in [-0.1, -0.05) is 205 Å². The molecule has 0 spiro atoms. The third-order valence-corrected chi connectivity index (χ3v) is 12.1. The first kappa shape index (κ1) is 58.7. The predicted molar refractivity (Wildman–Crippen MR) is 252 cm³/mol. The Labute approximate surface area is 383 Å². The van der Waals surface area contributed by atoms with E-state index in [4.69, 9.17) is 18.9 Å². The molecule has 6 unspecified atom stereocenters. The molecule has 0 aromatic rings.